The summed E-state index contributed by atoms with van der Waals surface area (Å²) in [6, 6.07) is 9.35. The first-order valence-corrected chi connectivity index (χ1v) is 6.87. The number of pyridine rings is 1. The number of nitrogens with zero attached hydrogens (tertiary/aromatic N) is 1. The average molecular weight is 277 g/mol. The molecule has 0 saturated carbocycles. The summed E-state index contributed by atoms with van der Waals surface area (Å²) in [6.07, 6.45) is 1.72. The molecule has 0 radical (unpaired) electrons. The van der Waals surface area contributed by atoms with Gasteiger partial charge in [0.2, 0.25) is 0 Å². The van der Waals surface area contributed by atoms with E-state index in [1.165, 1.54) is 0 Å². The SMILES string of the molecule is CC(CCl)C(C)NC(=O)c1cccc2ncccc12. The molecule has 1 heterocycles. The molecular weight excluding hydrogens is 260 g/mol. The molecule has 3 nitrogen and oxygen atoms in total. The van der Waals surface area contributed by atoms with Crippen molar-refractivity contribution in [2.45, 2.75) is 19.9 Å². The summed E-state index contributed by atoms with van der Waals surface area (Å²) in [5.41, 5.74) is 1.48. The van der Waals surface area contributed by atoms with Crippen molar-refractivity contribution in [1.82, 2.24) is 10.3 Å². The Morgan fingerprint density at radius 2 is 2.11 bits per heavy atom. The first kappa shape index (κ1) is 13.8. The summed E-state index contributed by atoms with van der Waals surface area (Å²) in [7, 11) is 0. The highest BCUT2D eigenvalue weighted by atomic mass is 35.5. The molecule has 4 heteroatoms. The van der Waals surface area contributed by atoms with E-state index in [4.69, 9.17) is 11.6 Å². The van der Waals surface area contributed by atoms with Crippen LogP contribution in [-0.2, 0) is 0 Å². The van der Waals surface area contributed by atoms with E-state index in [2.05, 4.69) is 10.3 Å². The molecule has 2 rings (SSSR count). The predicted molar refractivity (Wildman–Crippen MR) is 78.6 cm³/mol. The van der Waals surface area contributed by atoms with Crippen LogP contribution >= 0.6 is 11.6 Å². The molecule has 1 aromatic heterocycles. The summed E-state index contributed by atoms with van der Waals surface area (Å²) in [4.78, 5) is 16.6. The summed E-state index contributed by atoms with van der Waals surface area (Å²) >= 11 is 5.81. The Morgan fingerprint density at radius 1 is 1.32 bits per heavy atom. The fourth-order valence-corrected chi connectivity index (χ4v) is 2.13. The van der Waals surface area contributed by atoms with Gasteiger partial charge < -0.3 is 5.32 Å². The molecule has 0 spiro atoms. The van der Waals surface area contributed by atoms with Crippen molar-refractivity contribution >= 4 is 28.4 Å². The molecule has 1 amide bonds. The van der Waals surface area contributed by atoms with E-state index in [1.54, 1.807) is 6.20 Å². The van der Waals surface area contributed by atoms with Gasteiger partial charge in [0.25, 0.3) is 5.91 Å². The molecule has 0 saturated heterocycles. The maximum absolute atomic E-state index is 12.3. The van der Waals surface area contributed by atoms with E-state index < -0.39 is 0 Å². The third-order valence-corrected chi connectivity index (χ3v) is 3.83. The largest absolute Gasteiger partial charge is 0.349 e. The molecule has 19 heavy (non-hydrogen) atoms. The van der Waals surface area contributed by atoms with Gasteiger partial charge in [-0.1, -0.05) is 19.1 Å². The normalized spacial score (nSPS) is 14.1. The van der Waals surface area contributed by atoms with Gasteiger partial charge in [0.05, 0.1) is 5.52 Å². The smallest absolute Gasteiger partial charge is 0.252 e. The number of aromatic nitrogens is 1. The van der Waals surface area contributed by atoms with Gasteiger partial charge in [0, 0.05) is 29.1 Å². The van der Waals surface area contributed by atoms with Crippen molar-refractivity contribution in [1.29, 1.82) is 0 Å². The van der Waals surface area contributed by atoms with Gasteiger partial charge in [0.1, 0.15) is 0 Å². The zero-order valence-corrected chi connectivity index (χ0v) is 11.8. The van der Waals surface area contributed by atoms with Crippen LogP contribution in [0.15, 0.2) is 36.5 Å². The topological polar surface area (TPSA) is 42.0 Å². The van der Waals surface area contributed by atoms with Crippen LogP contribution in [0.4, 0.5) is 0 Å². The van der Waals surface area contributed by atoms with E-state index in [-0.39, 0.29) is 17.9 Å². The van der Waals surface area contributed by atoms with E-state index in [9.17, 15) is 4.79 Å². The van der Waals surface area contributed by atoms with Gasteiger partial charge in [-0.25, -0.2) is 0 Å². The molecule has 2 aromatic rings. The molecule has 0 bridgehead atoms. The first-order valence-electron chi connectivity index (χ1n) is 6.34. The lowest BCUT2D eigenvalue weighted by molar-refractivity contribution is 0.0932. The van der Waals surface area contributed by atoms with Crippen LogP contribution in [-0.4, -0.2) is 22.8 Å². The highest BCUT2D eigenvalue weighted by molar-refractivity contribution is 6.18. The monoisotopic (exact) mass is 276 g/mol. The minimum atomic E-state index is -0.0805. The lowest BCUT2D eigenvalue weighted by Gasteiger charge is -2.19. The van der Waals surface area contributed by atoms with Crippen molar-refractivity contribution in [3.05, 3.63) is 42.1 Å². The number of alkyl halides is 1. The highest BCUT2D eigenvalue weighted by Gasteiger charge is 2.16. The van der Waals surface area contributed by atoms with Crippen molar-refractivity contribution in [2.75, 3.05) is 5.88 Å². The molecule has 0 aliphatic carbocycles. The maximum atomic E-state index is 12.3. The molecule has 2 unspecified atom stereocenters. The Morgan fingerprint density at radius 3 is 2.84 bits per heavy atom. The van der Waals surface area contributed by atoms with Gasteiger partial charge in [-0.05, 0) is 31.0 Å². The number of fused-ring (bicyclic) bond motifs is 1. The molecule has 1 aromatic carbocycles. The minimum absolute atomic E-state index is 0.0388. The minimum Gasteiger partial charge on any atom is -0.349 e. The average Bonchev–Trinajstić information content (AvgIpc) is 2.45. The molecule has 100 valence electrons. The van der Waals surface area contributed by atoms with Gasteiger partial charge >= 0.3 is 0 Å². The number of amides is 1. The molecular formula is C15H17ClN2O. The molecule has 1 N–H and O–H groups in total. The summed E-state index contributed by atoms with van der Waals surface area (Å²) in [5.74, 6) is 0.681. The van der Waals surface area contributed by atoms with E-state index in [0.717, 1.165) is 10.9 Å². The molecule has 0 fully saturated rings. The third-order valence-electron chi connectivity index (χ3n) is 3.35. The number of benzene rings is 1. The zero-order valence-electron chi connectivity index (χ0n) is 11.1. The second-order valence-corrected chi connectivity index (χ2v) is 5.08. The lowest BCUT2D eigenvalue weighted by Crippen LogP contribution is -2.37. The Bertz CT molecular complexity index is 580. The number of carbonyl (C=O) groups excluding carboxylic acids is 1. The number of halogens is 1. The van der Waals surface area contributed by atoms with E-state index >= 15 is 0 Å². The third kappa shape index (κ3) is 3.04. The molecule has 0 aliphatic rings. The summed E-state index contributed by atoms with van der Waals surface area (Å²) in [6.45, 7) is 3.98. The van der Waals surface area contributed by atoms with Crippen molar-refractivity contribution in [3.63, 3.8) is 0 Å². The van der Waals surface area contributed by atoms with Crippen molar-refractivity contribution < 1.29 is 4.79 Å². The number of hydrogen-bond acceptors (Lipinski definition) is 2. The van der Waals surface area contributed by atoms with Gasteiger partial charge in [-0.2, -0.15) is 0 Å². The second kappa shape index (κ2) is 6.02. The molecule has 0 aliphatic heterocycles. The van der Waals surface area contributed by atoms with Crippen LogP contribution < -0.4 is 5.32 Å². The summed E-state index contributed by atoms with van der Waals surface area (Å²) < 4.78 is 0. The van der Waals surface area contributed by atoms with Crippen LogP contribution in [0.3, 0.4) is 0 Å². The van der Waals surface area contributed by atoms with Crippen molar-refractivity contribution in [3.8, 4) is 0 Å². The Labute approximate surface area is 118 Å². The van der Waals surface area contributed by atoms with Crippen molar-refractivity contribution in [2.24, 2.45) is 5.92 Å². The number of hydrogen-bond donors (Lipinski definition) is 1. The first-order chi connectivity index (χ1) is 9.13. The quantitative estimate of drug-likeness (QED) is 0.871. The molecule has 2 atom stereocenters. The van der Waals surface area contributed by atoms with E-state index in [0.29, 0.717) is 11.4 Å². The van der Waals surface area contributed by atoms with Crippen LogP contribution in [0.1, 0.15) is 24.2 Å². The van der Waals surface area contributed by atoms with Crippen LogP contribution in [0.5, 0.6) is 0 Å². The number of carbonyl (C=O) groups is 1. The van der Waals surface area contributed by atoms with Gasteiger partial charge in [-0.3, -0.25) is 9.78 Å². The maximum Gasteiger partial charge on any atom is 0.252 e. The highest BCUT2D eigenvalue weighted by Crippen LogP contribution is 2.17. The fourth-order valence-electron chi connectivity index (χ4n) is 1.86. The predicted octanol–water partition coefficient (Wildman–Crippen LogP) is 3.23. The summed E-state index contributed by atoms with van der Waals surface area (Å²) in [5, 5.41) is 3.86. The van der Waals surface area contributed by atoms with Crippen LogP contribution in [0, 0.1) is 5.92 Å². The fraction of sp³-hybridized carbons (Fsp3) is 0.333. The Balaban J connectivity index is 2.27. The van der Waals surface area contributed by atoms with Crippen LogP contribution in [0.2, 0.25) is 0 Å². The van der Waals surface area contributed by atoms with Gasteiger partial charge in [-0.15, -0.1) is 11.6 Å². The second-order valence-electron chi connectivity index (χ2n) is 4.77. The lowest BCUT2D eigenvalue weighted by atomic mass is 10.0. The Hall–Kier alpha value is -1.61. The van der Waals surface area contributed by atoms with Crippen LogP contribution in [0.25, 0.3) is 10.9 Å². The van der Waals surface area contributed by atoms with Gasteiger partial charge in [0.15, 0.2) is 0 Å². The number of rotatable bonds is 4. The Kier molecular flexibility index (Phi) is 4.38. The zero-order chi connectivity index (χ0) is 13.8. The standard InChI is InChI=1S/C15H17ClN2O/c1-10(9-16)11(2)18-15(19)13-5-3-7-14-12(13)6-4-8-17-14/h3-8,10-11H,9H2,1-2H3,(H,18,19). The number of nitrogens with one attached hydrogen (secondary N) is 1. The van der Waals surface area contributed by atoms with E-state index in [1.807, 2.05) is 44.2 Å².